The summed E-state index contributed by atoms with van der Waals surface area (Å²) in [7, 11) is 3.12. The lowest BCUT2D eigenvalue weighted by Gasteiger charge is -2.11. The molecule has 1 amide bonds. The normalized spacial score (nSPS) is 10.2. The molecule has 28 heavy (non-hydrogen) atoms. The van der Waals surface area contributed by atoms with Crippen LogP contribution in [-0.4, -0.2) is 25.1 Å². The molecular weight excluding hydrogens is 354 g/mol. The number of rotatable bonds is 7. The summed E-state index contributed by atoms with van der Waals surface area (Å²) in [5.74, 6) is 1.57. The van der Waals surface area contributed by atoms with Crippen LogP contribution in [0.2, 0.25) is 0 Å². The Morgan fingerprint density at radius 2 is 1.71 bits per heavy atom. The molecule has 0 aliphatic rings. The minimum atomic E-state index is -0.229. The molecule has 0 aliphatic carbocycles. The number of nitrogens with one attached hydrogen (secondary N) is 2. The maximum absolute atomic E-state index is 12.6. The largest absolute Gasteiger partial charge is 0.493 e. The molecule has 0 bridgehead atoms. The first kappa shape index (κ1) is 19.2. The van der Waals surface area contributed by atoms with Crippen LogP contribution in [0.3, 0.4) is 0 Å². The van der Waals surface area contributed by atoms with Crippen molar-refractivity contribution in [2.24, 2.45) is 0 Å². The molecule has 2 N–H and O–H groups in total. The molecule has 0 atom stereocenters. The van der Waals surface area contributed by atoms with E-state index in [1.807, 2.05) is 0 Å². The molecule has 2 aromatic carbocycles. The van der Waals surface area contributed by atoms with Gasteiger partial charge >= 0.3 is 0 Å². The highest BCUT2D eigenvalue weighted by Crippen LogP contribution is 2.29. The maximum atomic E-state index is 12.6. The number of hydrogen-bond acceptors (Lipinski definition) is 5. The van der Waals surface area contributed by atoms with Crippen LogP contribution in [-0.2, 0) is 6.54 Å². The number of amides is 1. The highest BCUT2D eigenvalue weighted by molar-refractivity contribution is 6.04. The van der Waals surface area contributed by atoms with Crippen molar-refractivity contribution < 1.29 is 14.3 Å². The Bertz CT molecular complexity index is 955. The van der Waals surface area contributed by atoms with Gasteiger partial charge in [0.1, 0.15) is 5.82 Å². The quantitative estimate of drug-likeness (QED) is 0.643. The second-order valence-electron chi connectivity index (χ2n) is 6.29. The van der Waals surface area contributed by atoms with Gasteiger partial charge in [-0.15, -0.1) is 0 Å². The van der Waals surface area contributed by atoms with Crippen LogP contribution in [0.1, 0.15) is 21.5 Å². The van der Waals surface area contributed by atoms with Crippen LogP contribution in [0.25, 0.3) is 0 Å². The van der Waals surface area contributed by atoms with Crippen LogP contribution < -0.4 is 20.1 Å². The highest BCUT2D eigenvalue weighted by Gasteiger charge is 2.10. The Morgan fingerprint density at radius 3 is 2.43 bits per heavy atom. The van der Waals surface area contributed by atoms with Gasteiger partial charge in [-0.1, -0.05) is 29.8 Å². The molecule has 0 unspecified atom stereocenters. The standard InChI is InChI=1S/C22H23N3O3/c1-15-4-6-16(7-5-15)14-24-21-12-17(10-11-23-21)22(26)25-18-8-9-19(27-2)20(13-18)28-3/h4-13H,14H2,1-3H3,(H,23,24)(H,25,26). The van der Waals surface area contributed by atoms with E-state index in [1.165, 1.54) is 5.56 Å². The van der Waals surface area contributed by atoms with E-state index >= 15 is 0 Å². The number of carbonyl (C=O) groups excluding carboxylic acids is 1. The summed E-state index contributed by atoms with van der Waals surface area (Å²) in [6.07, 6.45) is 1.61. The van der Waals surface area contributed by atoms with Gasteiger partial charge in [0, 0.05) is 30.1 Å². The van der Waals surface area contributed by atoms with Crippen molar-refractivity contribution >= 4 is 17.4 Å². The Kier molecular flexibility index (Phi) is 6.11. The van der Waals surface area contributed by atoms with Crippen molar-refractivity contribution in [1.82, 2.24) is 4.98 Å². The predicted octanol–water partition coefficient (Wildman–Crippen LogP) is 4.27. The average molecular weight is 377 g/mol. The van der Waals surface area contributed by atoms with E-state index in [4.69, 9.17) is 9.47 Å². The third-order valence-electron chi connectivity index (χ3n) is 4.26. The van der Waals surface area contributed by atoms with Gasteiger partial charge in [0.25, 0.3) is 5.91 Å². The van der Waals surface area contributed by atoms with E-state index in [-0.39, 0.29) is 5.91 Å². The summed E-state index contributed by atoms with van der Waals surface area (Å²) in [6.45, 7) is 2.69. The predicted molar refractivity (Wildman–Crippen MR) is 110 cm³/mol. The van der Waals surface area contributed by atoms with E-state index in [2.05, 4.69) is 46.8 Å². The summed E-state index contributed by atoms with van der Waals surface area (Å²) < 4.78 is 10.5. The lowest BCUT2D eigenvalue weighted by molar-refractivity contribution is 0.102. The fourth-order valence-corrected chi connectivity index (χ4v) is 2.68. The highest BCUT2D eigenvalue weighted by atomic mass is 16.5. The second kappa shape index (κ2) is 8.90. The average Bonchev–Trinajstić information content (AvgIpc) is 2.73. The monoisotopic (exact) mass is 377 g/mol. The summed E-state index contributed by atoms with van der Waals surface area (Å²) >= 11 is 0. The van der Waals surface area contributed by atoms with Crippen molar-refractivity contribution in [2.45, 2.75) is 13.5 Å². The lowest BCUT2D eigenvalue weighted by atomic mass is 10.1. The summed E-state index contributed by atoms with van der Waals surface area (Å²) in [4.78, 5) is 16.9. The van der Waals surface area contributed by atoms with Crippen LogP contribution in [0, 0.1) is 6.92 Å². The zero-order chi connectivity index (χ0) is 19.9. The Morgan fingerprint density at radius 1 is 0.964 bits per heavy atom. The molecule has 1 heterocycles. The minimum Gasteiger partial charge on any atom is -0.493 e. The summed E-state index contributed by atoms with van der Waals surface area (Å²) in [5, 5.41) is 6.11. The van der Waals surface area contributed by atoms with Crippen molar-refractivity contribution in [1.29, 1.82) is 0 Å². The molecule has 0 spiro atoms. The molecular formula is C22H23N3O3. The molecule has 0 saturated heterocycles. The number of ether oxygens (including phenoxy) is 2. The SMILES string of the molecule is COc1ccc(NC(=O)c2ccnc(NCc3ccc(C)cc3)c2)cc1OC. The molecule has 3 aromatic rings. The van der Waals surface area contributed by atoms with Crippen molar-refractivity contribution in [3.8, 4) is 11.5 Å². The number of nitrogens with zero attached hydrogens (tertiary/aromatic N) is 1. The molecule has 144 valence electrons. The molecule has 1 aromatic heterocycles. The Hall–Kier alpha value is -3.54. The zero-order valence-corrected chi connectivity index (χ0v) is 16.2. The molecule has 0 aliphatic heterocycles. The van der Waals surface area contributed by atoms with Gasteiger partial charge in [-0.2, -0.15) is 0 Å². The smallest absolute Gasteiger partial charge is 0.255 e. The molecule has 0 fully saturated rings. The molecule has 0 radical (unpaired) electrons. The fraction of sp³-hybridized carbons (Fsp3) is 0.182. The van der Waals surface area contributed by atoms with Gasteiger partial charge < -0.3 is 20.1 Å². The molecule has 3 rings (SSSR count). The van der Waals surface area contributed by atoms with Gasteiger partial charge in [0.05, 0.1) is 14.2 Å². The van der Waals surface area contributed by atoms with Crippen LogP contribution in [0.4, 0.5) is 11.5 Å². The number of anilines is 2. The molecule has 0 saturated carbocycles. The molecule has 6 nitrogen and oxygen atoms in total. The van der Waals surface area contributed by atoms with Gasteiger partial charge in [0.15, 0.2) is 11.5 Å². The first-order chi connectivity index (χ1) is 13.6. The van der Waals surface area contributed by atoms with Crippen LogP contribution >= 0.6 is 0 Å². The van der Waals surface area contributed by atoms with Gasteiger partial charge in [-0.05, 0) is 36.8 Å². The minimum absolute atomic E-state index is 0.229. The third kappa shape index (κ3) is 4.79. The Labute approximate surface area is 164 Å². The van der Waals surface area contributed by atoms with Crippen molar-refractivity contribution in [3.63, 3.8) is 0 Å². The molecule has 6 heteroatoms. The van der Waals surface area contributed by atoms with Crippen molar-refractivity contribution in [3.05, 3.63) is 77.5 Å². The second-order valence-corrected chi connectivity index (χ2v) is 6.29. The first-order valence-corrected chi connectivity index (χ1v) is 8.88. The van der Waals surface area contributed by atoms with Crippen LogP contribution in [0.5, 0.6) is 11.5 Å². The fourth-order valence-electron chi connectivity index (χ4n) is 2.68. The lowest BCUT2D eigenvalue weighted by Crippen LogP contribution is -2.13. The maximum Gasteiger partial charge on any atom is 0.255 e. The van der Waals surface area contributed by atoms with Crippen molar-refractivity contribution in [2.75, 3.05) is 24.9 Å². The first-order valence-electron chi connectivity index (χ1n) is 8.88. The third-order valence-corrected chi connectivity index (χ3v) is 4.26. The van der Waals surface area contributed by atoms with E-state index < -0.39 is 0 Å². The summed E-state index contributed by atoms with van der Waals surface area (Å²) in [5.41, 5.74) is 3.49. The van der Waals surface area contributed by atoms with E-state index in [0.29, 0.717) is 35.1 Å². The number of carbonyl (C=O) groups is 1. The Balaban J connectivity index is 1.67. The van der Waals surface area contributed by atoms with Gasteiger partial charge in [-0.25, -0.2) is 4.98 Å². The van der Waals surface area contributed by atoms with Gasteiger partial charge in [-0.3, -0.25) is 4.79 Å². The number of aromatic nitrogens is 1. The number of methoxy groups -OCH3 is 2. The topological polar surface area (TPSA) is 72.5 Å². The number of aryl methyl sites for hydroxylation is 1. The van der Waals surface area contributed by atoms with Crippen LogP contribution in [0.15, 0.2) is 60.8 Å². The summed E-state index contributed by atoms with van der Waals surface area (Å²) in [6, 6.07) is 16.9. The van der Waals surface area contributed by atoms with E-state index in [9.17, 15) is 4.79 Å². The van der Waals surface area contributed by atoms with E-state index in [0.717, 1.165) is 5.56 Å². The van der Waals surface area contributed by atoms with E-state index in [1.54, 1.807) is 50.7 Å². The zero-order valence-electron chi connectivity index (χ0n) is 16.2. The van der Waals surface area contributed by atoms with Gasteiger partial charge in [0.2, 0.25) is 0 Å². The number of pyridine rings is 1. The number of hydrogen-bond donors (Lipinski definition) is 2. The number of benzene rings is 2.